The summed E-state index contributed by atoms with van der Waals surface area (Å²) in [5.74, 6) is 0.548. The number of alkyl halides is 3. The molecule has 0 radical (unpaired) electrons. The third-order valence-corrected chi connectivity index (χ3v) is 7.23. The highest BCUT2D eigenvalue weighted by Crippen LogP contribution is 2.34. The lowest BCUT2D eigenvalue weighted by Gasteiger charge is -2.40. The first-order chi connectivity index (χ1) is 18.5. The fraction of sp³-hybridized carbons (Fsp3) is 0.429. The van der Waals surface area contributed by atoms with Crippen molar-refractivity contribution in [2.24, 2.45) is 0 Å². The van der Waals surface area contributed by atoms with E-state index in [9.17, 15) is 18.0 Å². The van der Waals surface area contributed by atoms with E-state index in [1.54, 1.807) is 10.7 Å². The van der Waals surface area contributed by atoms with Crippen LogP contribution in [0.4, 0.5) is 18.9 Å². The van der Waals surface area contributed by atoms with Crippen molar-refractivity contribution in [3.63, 3.8) is 0 Å². The second-order valence-corrected chi connectivity index (χ2v) is 10.9. The first-order valence-corrected chi connectivity index (χ1v) is 13.1. The highest BCUT2D eigenvalue weighted by atomic mass is 19.4. The maximum atomic E-state index is 13.5. The highest BCUT2D eigenvalue weighted by molar-refractivity contribution is 5.80. The number of aromatic nitrogens is 5. The molecule has 8 nitrogen and oxygen atoms in total. The summed E-state index contributed by atoms with van der Waals surface area (Å²) >= 11 is 0. The molecule has 1 saturated heterocycles. The minimum atomic E-state index is -4.40. The Labute approximate surface area is 224 Å². The molecule has 1 aliphatic heterocycles. The van der Waals surface area contributed by atoms with E-state index >= 15 is 0 Å². The van der Waals surface area contributed by atoms with Crippen molar-refractivity contribution >= 4 is 16.6 Å². The molecule has 1 aliphatic rings. The van der Waals surface area contributed by atoms with Crippen LogP contribution in [-0.4, -0.2) is 56.3 Å². The average Bonchev–Trinajstić information content (AvgIpc) is 3.39. The number of halogens is 3. The van der Waals surface area contributed by atoms with Gasteiger partial charge < -0.3 is 9.88 Å². The number of nitrogens with one attached hydrogen (secondary N) is 1. The van der Waals surface area contributed by atoms with E-state index in [0.717, 1.165) is 29.0 Å². The van der Waals surface area contributed by atoms with Crippen LogP contribution >= 0.6 is 0 Å². The van der Waals surface area contributed by atoms with Crippen molar-refractivity contribution in [2.75, 3.05) is 31.1 Å². The molecule has 0 spiro atoms. The molecular weight excluding hydrogens is 507 g/mol. The van der Waals surface area contributed by atoms with Gasteiger partial charge in [0, 0.05) is 42.9 Å². The Morgan fingerprint density at radius 1 is 1.00 bits per heavy atom. The summed E-state index contributed by atoms with van der Waals surface area (Å²) in [6.45, 7) is 10.0. The van der Waals surface area contributed by atoms with E-state index in [2.05, 4.69) is 38.4 Å². The monoisotopic (exact) mass is 539 g/mol. The number of H-pyrrole nitrogens is 1. The lowest BCUT2D eigenvalue weighted by atomic mass is 10.00. The van der Waals surface area contributed by atoms with E-state index < -0.39 is 23.3 Å². The SMILES string of the molecule is CCc1ccc2[nH]c(=O)c([C@@H](c3nnnn3C(C)(C)C)N3CCN(c4cccc(C(F)(F)F)c4)CC3)cc2c1. The van der Waals surface area contributed by atoms with Crippen LogP contribution < -0.4 is 10.5 Å². The predicted octanol–water partition coefficient (Wildman–Crippen LogP) is 4.76. The summed E-state index contributed by atoms with van der Waals surface area (Å²) in [6, 6.07) is 12.8. The van der Waals surface area contributed by atoms with Gasteiger partial charge in [-0.1, -0.05) is 19.1 Å². The number of aryl methyl sites for hydroxylation is 1. The molecule has 0 bridgehead atoms. The van der Waals surface area contributed by atoms with Crippen molar-refractivity contribution in [1.82, 2.24) is 30.1 Å². The molecule has 39 heavy (non-hydrogen) atoms. The van der Waals surface area contributed by atoms with Gasteiger partial charge in [0.25, 0.3) is 5.56 Å². The molecule has 2 aromatic heterocycles. The van der Waals surface area contributed by atoms with Crippen molar-refractivity contribution < 1.29 is 13.2 Å². The minimum absolute atomic E-state index is 0.222. The van der Waals surface area contributed by atoms with Gasteiger partial charge in [-0.25, -0.2) is 4.68 Å². The lowest BCUT2D eigenvalue weighted by molar-refractivity contribution is -0.137. The average molecular weight is 540 g/mol. The van der Waals surface area contributed by atoms with Crippen LogP contribution in [0.2, 0.25) is 0 Å². The van der Waals surface area contributed by atoms with Gasteiger partial charge in [0.15, 0.2) is 5.82 Å². The van der Waals surface area contributed by atoms with Crippen LogP contribution in [0.15, 0.2) is 53.3 Å². The summed E-state index contributed by atoms with van der Waals surface area (Å²) in [6.07, 6.45) is -3.53. The quantitative estimate of drug-likeness (QED) is 0.394. The summed E-state index contributed by atoms with van der Waals surface area (Å²) in [7, 11) is 0. The van der Waals surface area contributed by atoms with Crippen LogP contribution in [0.3, 0.4) is 0 Å². The standard InChI is InChI=1S/C28H32F3N7O/c1-5-18-9-10-23-19(15-18)16-22(26(39)32-23)24(25-33-34-35-38(25)27(2,3)4)37-13-11-36(12-14-37)21-8-6-7-20(17-21)28(29,30)31/h6-10,15-17,24H,5,11-14H2,1-4H3,(H,32,39)/t24-/m0/s1. The Kier molecular flexibility index (Phi) is 6.96. The largest absolute Gasteiger partial charge is 0.416 e. The highest BCUT2D eigenvalue weighted by Gasteiger charge is 2.36. The van der Waals surface area contributed by atoms with Gasteiger partial charge in [0.2, 0.25) is 0 Å². The van der Waals surface area contributed by atoms with Crippen LogP contribution in [0.5, 0.6) is 0 Å². The zero-order valence-corrected chi connectivity index (χ0v) is 22.5. The third-order valence-electron chi connectivity index (χ3n) is 7.23. The number of anilines is 1. The second kappa shape index (κ2) is 10.1. The molecule has 4 aromatic rings. The van der Waals surface area contributed by atoms with Crippen LogP contribution in [0.1, 0.15) is 56.3 Å². The van der Waals surface area contributed by atoms with Gasteiger partial charge in [0.1, 0.15) is 6.04 Å². The first-order valence-electron chi connectivity index (χ1n) is 13.1. The number of aromatic amines is 1. The van der Waals surface area contributed by atoms with Gasteiger partial charge >= 0.3 is 6.18 Å². The number of nitrogens with zero attached hydrogens (tertiary/aromatic N) is 6. The summed E-state index contributed by atoms with van der Waals surface area (Å²) in [4.78, 5) is 20.6. The summed E-state index contributed by atoms with van der Waals surface area (Å²) < 4.78 is 41.6. The normalized spacial score (nSPS) is 16.1. The molecule has 0 saturated carbocycles. The molecule has 11 heteroatoms. The van der Waals surface area contributed by atoms with Crippen LogP contribution in [0.25, 0.3) is 10.9 Å². The van der Waals surface area contributed by atoms with Gasteiger partial charge in [-0.3, -0.25) is 9.69 Å². The summed E-state index contributed by atoms with van der Waals surface area (Å²) in [5, 5.41) is 13.5. The Balaban J connectivity index is 1.53. The van der Waals surface area contributed by atoms with Crippen molar-refractivity contribution in [3.8, 4) is 0 Å². The Bertz CT molecular complexity index is 1530. The fourth-order valence-electron chi connectivity index (χ4n) is 5.15. The molecule has 3 heterocycles. The smallest absolute Gasteiger partial charge is 0.369 e. The minimum Gasteiger partial charge on any atom is -0.369 e. The molecule has 5 rings (SSSR count). The fourth-order valence-corrected chi connectivity index (χ4v) is 5.15. The second-order valence-electron chi connectivity index (χ2n) is 10.9. The maximum Gasteiger partial charge on any atom is 0.416 e. The zero-order chi connectivity index (χ0) is 27.9. The molecule has 1 N–H and O–H groups in total. The van der Waals surface area contributed by atoms with Crippen molar-refractivity contribution in [1.29, 1.82) is 0 Å². The zero-order valence-electron chi connectivity index (χ0n) is 22.5. The van der Waals surface area contributed by atoms with Gasteiger partial charge in [-0.2, -0.15) is 13.2 Å². The third kappa shape index (κ3) is 5.40. The molecule has 0 amide bonds. The van der Waals surface area contributed by atoms with E-state index in [-0.39, 0.29) is 5.56 Å². The molecule has 1 fully saturated rings. The van der Waals surface area contributed by atoms with Gasteiger partial charge in [-0.05, 0) is 85.0 Å². The topological polar surface area (TPSA) is 82.9 Å². The van der Waals surface area contributed by atoms with E-state index in [1.807, 2.05) is 43.9 Å². The van der Waals surface area contributed by atoms with E-state index in [1.165, 1.54) is 12.1 Å². The Morgan fingerprint density at radius 3 is 2.41 bits per heavy atom. The number of rotatable bonds is 5. The number of hydrogen-bond donors (Lipinski definition) is 1. The van der Waals surface area contributed by atoms with E-state index in [0.29, 0.717) is 43.3 Å². The Morgan fingerprint density at radius 2 is 1.74 bits per heavy atom. The van der Waals surface area contributed by atoms with Crippen LogP contribution in [0, 0.1) is 0 Å². The number of piperazine rings is 1. The maximum absolute atomic E-state index is 13.5. The number of hydrogen-bond acceptors (Lipinski definition) is 6. The van der Waals surface area contributed by atoms with Gasteiger partial charge in [0.05, 0.1) is 11.1 Å². The van der Waals surface area contributed by atoms with Crippen molar-refractivity contribution in [3.05, 3.63) is 81.4 Å². The lowest BCUT2D eigenvalue weighted by Crippen LogP contribution is -2.49. The Hall–Kier alpha value is -3.73. The van der Waals surface area contributed by atoms with Crippen molar-refractivity contribution in [2.45, 2.75) is 51.9 Å². The predicted molar refractivity (Wildman–Crippen MR) is 144 cm³/mol. The molecule has 1 atom stereocenters. The molecule has 0 aliphatic carbocycles. The molecule has 2 aromatic carbocycles. The first kappa shape index (κ1) is 26.9. The summed E-state index contributed by atoms with van der Waals surface area (Å²) in [5.41, 5.74) is 1.64. The number of fused-ring (bicyclic) bond motifs is 1. The van der Waals surface area contributed by atoms with E-state index in [4.69, 9.17) is 0 Å². The molecular formula is C28H32F3N7O. The molecule has 0 unspecified atom stereocenters. The number of tetrazole rings is 1. The number of pyridine rings is 1. The van der Waals surface area contributed by atoms with Gasteiger partial charge in [-0.15, -0.1) is 5.10 Å². The number of benzene rings is 2. The van der Waals surface area contributed by atoms with Crippen LogP contribution in [-0.2, 0) is 18.1 Å². The molecule has 206 valence electrons.